The summed E-state index contributed by atoms with van der Waals surface area (Å²) in [7, 11) is 0. The number of hydrogen-bond donors (Lipinski definition) is 1. The Morgan fingerprint density at radius 3 is 2.74 bits per heavy atom. The maximum absolute atomic E-state index is 13.6. The molecule has 5 nitrogen and oxygen atoms in total. The molecule has 0 aliphatic carbocycles. The lowest BCUT2D eigenvalue weighted by molar-refractivity contribution is -0.140. The van der Waals surface area contributed by atoms with Crippen molar-refractivity contribution in [1.82, 2.24) is 10.2 Å². The first-order valence-electron chi connectivity index (χ1n) is 10.00. The minimum atomic E-state index is -0.299. The lowest BCUT2D eigenvalue weighted by atomic mass is 9.91. The largest absolute Gasteiger partial charge is 0.381 e. The van der Waals surface area contributed by atoms with Crippen molar-refractivity contribution in [3.63, 3.8) is 0 Å². The van der Waals surface area contributed by atoms with Crippen LogP contribution in [0, 0.1) is 17.7 Å². The van der Waals surface area contributed by atoms with E-state index < -0.39 is 0 Å². The Hall–Kier alpha value is -1.95. The van der Waals surface area contributed by atoms with Crippen molar-refractivity contribution in [3.05, 3.63) is 35.6 Å². The Morgan fingerprint density at radius 2 is 1.96 bits per heavy atom. The van der Waals surface area contributed by atoms with Crippen molar-refractivity contribution in [3.8, 4) is 0 Å². The van der Waals surface area contributed by atoms with Crippen LogP contribution in [-0.2, 0) is 20.9 Å². The van der Waals surface area contributed by atoms with E-state index in [4.69, 9.17) is 4.74 Å². The molecule has 0 spiro atoms. The van der Waals surface area contributed by atoms with Crippen LogP contribution in [0.25, 0.3) is 0 Å². The molecule has 6 heteroatoms. The van der Waals surface area contributed by atoms with E-state index in [1.165, 1.54) is 6.07 Å². The van der Waals surface area contributed by atoms with Gasteiger partial charge in [0.2, 0.25) is 11.8 Å². The van der Waals surface area contributed by atoms with Crippen molar-refractivity contribution in [1.29, 1.82) is 0 Å². The smallest absolute Gasteiger partial charge is 0.225 e. The van der Waals surface area contributed by atoms with E-state index >= 15 is 0 Å². The molecule has 0 aromatic heterocycles. The molecule has 27 heavy (non-hydrogen) atoms. The van der Waals surface area contributed by atoms with Crippen LogP contribution in [0.4, 0.5) is 4.39 Å². The number of carbonyl (C=O) groups is 2. The van der Waals surface area contributed by atoms with Gasteiger partial charge in [0.15, 0.2) is 0 Å². The summed E-state index contributed by atoms with van der Waals surface area (Å²) >= 11 is 0. The number of rotatable bonds is 6. The fraction of sp³-hybridized carbons (Fsp3) is 0.619. The first-order chi connectivity index (χ1) is 13.1. The van der Waals surface area contributed by atoms with Crippen LogP contribution >= 0.6 is 0 Å². The highest BCUT2D eigenvalue weighted by Crippen LogP contribution is 2.25. The molecule has 2 aliphatic rings. The Bertz CT molecular complexity index is 646. The number of likely N-dealkylation sites (tertiary alicyclic amines) is 1. The summed E-state index contributed by atoms with van der Waals surface area (Å²) in [6.45, 7) is 3.14. The minimum Gasteiger partial charge on any atom is -0.381 e. The third-order valence-corrected chi connectivity index (χ3v) is 5.61. The zero-order chi connectivity index (χ0) is 19.1. The van der Waals surface area contributed by atoms with E-state index in [1.807, 2.05) is 4.90 Å². The van der Waals surface area contributed by atoms with Gasteiger partial charge in [0.25, 0.3) is 0 Å². The molecule has 3 rings (SSSR count). The number of ether oxygens (including phenoxy) is 1. The summed E-state index contributed by atoms with van der Waals surface area (Å²) < 4.78 is 18.9. The zero-order valence-corrected chi connectivity index (χ0v) is 15.8. The van der Waals surface area contributed by atoms with E-state index in [0.29, 0.717) is 31.1 Å². The molecule has 0 bridgehead atoms. The van der Waals surface area contributed by atoms with E-state index in [1.54, 1.807) is 18.2 Å². The lowest BCUT2D eigenvalue weighted by Gasteiger charge is -2.36. The Balaban J connectivity index is 1.40. The highest BCUT2D eigenvalue weighted by Gasteiger charge is 2.30. The molecule has 0 radical (unpaired) electrons. The van der Waals surface area contributed by atoms with Crippen molar-refractivity contribution in [2.75, 3.05) is 26.3 Å². The van der Waals surface area contributed by atoms with Crippen LogP contribution in [0.1, 0.15) is 44.1 Å². The number of amides is 2. The SMILES string of the molecule is O=C(CC[C@H]1CCCN(C(=O)C2CCOCC2)C1)NCc1ccccc1F. The van der Waals surface area contributed by atoms with E-state index in [0.717, 1.165) is 45.2 Å². The van der Waals surface area contributed by atoms with Crippen LogP contribution in [0.2, 0.25) is 0 Å². The second-order valence-corrected chi connectivity index (χ2v) is 7.59. The molecule has 2 heterocycles. The van der Waals surface area contributed by atoms with Gasteiger partial charge in [-0.25, -0.2) is 4.39 Å². The first kappa shape index (κ1) is 19.8. The number of carbonyl (C=O) groups excluding carboxylic acids is 2. The molecule has 2 amide bonds. The fourth-order valence-electron chi connectivity index (χ4n) is 3.96. The molecule has 1 atom stereocenters. The highest BCUT2D eigenvalue weighted by atomic mass is 19.1. The van der Waals surface area contributed by atoms with Gasteiger partial charge in [-0.1, -0.05) is 18.2 Å². The Labute approximate surface area is 160 Å². The minimum absolute atomic E-state index is 0.0638. The normalized spacial score (nSPS) is 21.1. The van der Waals surface area contributed by atoms with Gasteiger partial charge in [-0.15, -0.1) is 0 Å². The van der Waals surface area contributed by atoms with Gasteiger partial charge in [-0.2, -0.15) is 0 Å². The van der Waals surface area contributed by atoms with Gasteiger partial charge in [0.1, 0.15) is 5.82 Å². The molecule has 2 aliphatic heterocycles. The maximum Gasteiger partial charge on any atom is 0.225 e. The van der Waals surface area contributed by atoms with Crippen LogP contribution in [-0.4, -0.2) is 43.0 Å². The molecule has 1 N–H and O–H groups in total. The molecule has 1 aromatic carbocycles. The standard InChI is InChI=1S/C21H29FN2O3/c22-19-6-2-1-5-18(19)14-23-20(25)8-7-16-4-3-11-24(15-16)21(26)17-9-12-27-13-10-17/h1-2,5-6,16-17H,3-4,7-15H2,(H,23,25)/t16-/m1/s1. The maximum atomic E-state index is 13.6. The predicted octanol–water partition coefficient (Wildman–Crippen LogP) is 2.89. The van der Waals surface area contributed by atoms with Crippen LogP contribution in [0.3, 0.4) is 0 Å². The third kappa shape index (κ3) is 5.76. The summed E-state index contributed by atoms with van der Waals surface area (Å²) in [5.41, 5.74) is 0.497. The summed E-state index contributed by atoms with van der Waals surface area (Å²) in [6, 6.07) is 6.47. The zero-order valence-electron chi connectivity index (χ0n) is 15.8. The van der Waals surface area contributed by atoms with Crippen molar-refractivity contribution in [2.24, 2.45) is 11.8 Å². The van der Waals surface area contributed by atoms with Gasteiger partial charge in [0, 0.05) is 50.8 Å². The fourth-order valence-corrected chi connectivity index (χ4v) is 3.96. The van der Waals surface area contributed by atoms with Crippen LogP contribution < -0.4 is 5.32 Å². The van der Waals surface area contributed by atoms with Crippen molar-refractivity contribution >= 4 is 11.8 Å². The number of hydrogen-bond acceptors (Lipinski definition) is 3. The number of halogens is 1. The van der Waals surface area contributed by atoms with Crippen LogP contribution in [0.5, 0.6) is 0 Å². The molecular weight excluding hydrogens is 347 g/mol. The summed E-state index contributed by atoms with van der Waals surface area (Å²) in [6.07, 6.45) is 4.87. The van der Waals surface area contributed by atoms with Crippen molar-refractivity contribution in [2.45, 2.75) is 45.1 Å². The Morgan fingerprint density at radius 1 is 1.19 bits per heavy atom. The second-order valence-electron chi connectivity index (χ2n) is 7.59. The monoisotopic (exact) mass is 376 g/mol. The third-order valence-electron chi connectivity index (χ3n) is 5.61. The molecule has 1 aromatic rings. The number of piperidine rings is 1. The molecule has 2 saturated heterocycles. The average Bonchev–Trinajstić information content (AvgIpc) is 2.72. The predicted molar refractivity (Wildman–Crippen MR) is 100 cm³/mol. The van der Waals surface area contributed by atoms with Gasteiger partial charge < -0.3 is 15.0 Å². The summed E-state index contributed by atoms with van der Waals surface area (Å²) in [5.74, 6) is 0.355. The van der Waals surface area contributed by atoms with E-state index in [-0.39, 0.29) is 30.1 Å². The Kier molecular flexibility index (Phi) is 7.21. The summed E-state index contributed by atoms with van der Waals surface area (Å²) in [4.78, 5) is 26.8. The van der Waals surface area contributed by atoms with E-state index in [9.17, 15) is 14.0 Å². The second kappa shape index (κ2) is 9.83. The molecule has 2 fully saturated rings. The number of benzene rings is 1. The van der Waals surface area contributed by atoms with E-state index in [2.05, 4.69) is 5.32 Å². The quantitative estimate of drug-likeness (QED) is 0.831. The average molecular weight is 376 g/mol. The number of nitrogens with zero attached hydrogens (tertiary/aromatic N) is 1. The topological polar surface area (TPSA) is 58.6 Å². The number of nitrogens with one attached hydrogen (secondary N) is 1. The highest BCUT2D eigenvalue weighted by molar-refractivity contribution is 5.79. The van der Waals surface area contributed by atoms with Crippen LogP contribution in [0.15, 0.2) is 24.3 Å². The summed E-state index contributed by atoms with van der Waals surface area (Å²) in [5, 5.41) is 2.79. The van der Waals surface area contributed by atoms with Gasteiger partial charge >= 0.3 is 0 Å². The van der Waals surface area contributed by atoms with Crippen molar-refractivity contribution < 1.29 is 18.7 Å². The van der Waals surface area contributed by atoms with Gasteiger partial charge in [0.05, 0.1) is 0 Å². The first-order valence-corrected chi connectivity index (χ1v) is 10.00. The van der Waals surface area contributed by atoms with Gasteiger partial charge in [-0.05, 0) is 44.1 Å². The van der Waals surface area contributed by atoms with Gasteiger partial charge in [-0.3, -0.25) is 9.59 Å². The molecule has 0 saturated carbocycles. The molecular formula is C21H29FN2O3. The molecule has 148 valence electrons. The lowest BCUT2D eigenvalue weighted by Crippen LogP contribution is -2.44. The molecule has 0 unspecified atom stereocenters.